The van der Waals surface area contributed by atoms with Crippen molar-refractivity contribution in [2.45, 2.75) is 45.2 Å². The largest absolute Gasteiger partial charge is 0.480 e. The quantitative estimate of drug-likeness (QED) is 0.863. The van der Waals surface area contributed by atoms with Gasteiger partial charge in [0.1, 0.15) is 11.9 Å². The molecule has 0 radical (unpaired) electrons. The predicted octanol–water partition coefficient (Wildman–Crippen LogP) is 1.05. The number of aromatic nitrogens is 2. The molecule has 1 amide bonds. The second kappa shape index (κ2) is 5.86. The first kappa shape index (κ1) is 13.6. The van der Waals surface area contributed by atoms with Crippen LogP contribution in [0.4, 0.5) is 0 Å². The molecule has 0 saturated carbocycles. The molecule has 0 aromatic carbocycles. The van der Waals surface area contributed by atoms with Crippen molar-refractivity contribution in [1.82, 2.24) is 14.5 Å². The summed E-state index contributed by atoms with van der Waals surface area (Å²) in [5.41, 5.74) is 0. The Hall–Kier alpha value is -1.85. The van der Waals surface area contributed by atoms with Gasteiger partial charge in [-0.1, -0.05) is 0 Å². The van der Waals surface area contributed by atoms with Crippen LogP contribution in [-0.4, -0.2) is 44.0 Å². The van der Waals surface area contributed by atoms with Gasteiger partial charge in [-0.05, 0) is 26.2 Å². The third-order valence-corrected chi connectivity index (χ3v) is 3.57. The van der Waals surface area contributed by atoms with E-state index in [0.29, 0.717) is 25.8 Å². The minimum absolute atomic E-state index is 0.0531. The average molecular weight is 265 g/mol. The molecule has 2 heterocycles. The lowest BCUT2D eigenvalue weighted by atomic mass is 10.2. The van der Waals surface area contributed by atoms with Gasteiger partial charge < -0.3 is 14.6 Å². The van der Waals surface area contributed by atoms with Crippen molar-refractivity contribution in [3.8, 4) is 0 Å². The Balaban J connectivity index is 1.81. The lowest BCUT2D eigenvalue weighted by molar-refractivity contribution is -0.148. The summed E-state index contributed by atoms with van der Waals surface area (Å²) < 4.78 is 1.99. The summed E-state index contributed by atoms with van der Waals surface area (Å²) in [6.45, 7) is 3.23. The monoisotopic (exact) mass is 265 g/mol. The summed E-state index contributed by atoms with van der Waals surface area (Å²) in [6, 6.07) is -0.623. The predicted molar refractivity (Wildman–Crippen MR) is 68.6 cm³/mol. The molecule has 1 aromatic rings. The van der Waals surface area contributed by atoms with E-state index in [1.54, 1.807) is 6.20 Å². The van der Waals surface area contributed by atoms with Crippen LogP contribution in [0, 0.1) is 6.92 Å². The molecule has 0 aliphatic carbocycles. The van der Waals surface area contributed by atoms with E-state index >= 15 is 0 Å². The molecule has 1 atom stereocenters. The van der Waals surface area contributed by atoms with Crippen molar-refractivity contribution in [2.24, 2.45) is 0 Å². The molecule has 1 aliphatic heterocycles. The second-order valence-corrected chi connectivity index (χ2v) is 4.85. The molecular formula is C13H19N3O3. The van der Waals surface area contributed by atoms with E-state index < -0.39 is 12.0 Å². The van der Waals surface area contributed by atoms with Gasteiger partial charge in [-0.25, -0.2) is 9.78 Å². The van der Waals surface area contributed by atoms with E-state index in [4.69, 9.17) is 5.11 Å². The average Bonchev–Trinajstić information content (AvgIpc) is 2.98. The van der Waals surface area contributed by atoms with E-state index in [-0.39, 0.29) is 5.91 Å². The molecule has 2 rings (SSSR count). The molecule has 19 heavy (non-hydrogen) atoms. The van der Waals surface area contributed by atoms with Crippen molar-refractivity contribution in [1.29, 1.82) is 0 Å². The van der Waals surface area contributed by atoms with Crippen LogP contribution in [0.5, 0.6) is 0 Å². The van der Waals surface area contributed by atoms with Gasteiger partial charge in [-0.3, -0.25) is 4.79 Å². The highest BCUT2D eigenvalue weighted by Gasteiger charge is 2.33. The number of imidazole rings is 1. The van der Waals surface area contributed by atoms with Crippen LogP contribution in [0.25, 0.3) is 0 Å². The lowest BCUT2D eigenvalue weighted by Gasteiger charge is -2.21. The van der Waals surface area contributed by atoms with Crippen LogP contribution in [0.1, 0.15) is 31.5 Å². The van der Waals surface area contributed by atoms with Crippen molar-refractivity contribution in [3.05, 3.63) is 18.2 Å². The Morgan fingerprint density at radius 1 is 1.53 bits per heavy atom. The molecule has 1 saturated heterocycles. The summed E-state index contributed by atoms with van der Waals surface area (Å²) in [5, 5.41) is 9.04. The standard InChI is InChI=1S/C13H19N3O3/c1-10-14-6-9-15(10)7-3-5-12(17)16-8-2-4-11(16)13(18)19/h6,9,11H,2-5,7-8H2,1H3,(H,18,19)/t11-/m1/s1. The molecule has 6 heteroatoms. The van der Waals surface area contributed by atoms with Crippen molar-refractivity contribution in [3.63, 3.8) is 0 Å². The van der Waals surface area contributed by atoms with Crippen molar-refractivity contribution in [2.75, 3.05) is 6.54 Å². The van der Waals surface area contributed by atoms with E-state index in [2.05, 4.69) is 4.98 Å². The zero-order valence-electron chi connectivity index (χ0n) is 11.1. The van der Waals surface area contributed by atoms with Gasteiger partial charge in [0.25, 0.3) is 0 Å². The Morgan fingerprint density at radius 2 is 2.32 bits per heavy atom. The van der Waals surface area contributed by atoms with Crippen LogP contribution in [0.3, 0.4) is 0 Å². The number of nitrogens with zero attached hydrogens (tertiary/aromatic N) is 3. The molecule has 104 valence electrons. The van der Waals surface area contributed by atoms with Crippen LogP contribution < -0.4 is 0 Å². The molecule has 1 aromatic heterocycles. The first-order valence-corrected chi connectivity index (χ1v) is 6.59. The number of carbonyl (C=O) groups excluding carboxylic acids is 1. The summed E-state index contributed by atoms with van der Waals surface area (Å²) in [4.78, 5) is 28.6. The number of carboxylic acids is 1. The summed E-state index contributed by atoms with van der Waals surface area (Å²) in [6.07, 6.45) is 6.07. The Morgan fingerprint density at radius 3 is 2.95 bits per heavy atom. The molecule has 0 bridgehead atoms. The SMILES string of the molecule is Cc1nccn1CCCC(=O)N1CCC[C@@H]1C(=O)O. The first-order valence-electron chi connectivity index (χ1n) is 6.59. The normalized spacial score (nSPS) is 18.8. The lowest BCUT2D eigenvalue weighted by Crippen LogP contribution is -2.40. The van der Waals surface area contributed by atoms with Crippen molar-refractivity contribution >= 4 is 11.9 Å². The number of carbonyl (C=O) groups is 2. The number of hydrogen-bond acceptors (Lipinski definition) is 3. The van der Waals surface area contributed by atoms with Gasteiger partial charge in [-0.2, -0.15) is 0 Å². The zero-order valence-corrected chi connectivity index (χ0v) is 11.1. The van der Waals surface area contributed by atoms with Crippen LogP contribution in [0.15, 0.2) is 12.4 Å². The number of hydrogen-bond donors (Lipinski definition) is 1. The van der Waals surface area contributed by atoms with Crippen LogP contribution in [-0.2, 0) is 16.1 Å². The number of likely N-dealkylation sites (tertiary alicyclic amines) is 1. The topological polar surface area (TPSA) is 75.4 Å². The van der Waals surface area contributed by atoms with Gasteiger partial charge >= 0.3 is 5.97 Å². The van der Waals surface area contributed by atoms with E-state index in [0.717, 1.165) is 18.8 Å². The van der Waals surface area contributed by atoms with E-state index in [1.807, 2.05) is 17.7 Å². The van der Waals surface area contributed by atoms with E-state index in [1.165, 1.54) is 4.90 Å². The van der Waals surface area contributed by atoms with Crippen molar-refractivity contribution < 1.29 is 14.7 Å². The highest BCUT2D eigenvalue weighted by Crippen LogP contribution is 2.19. The minimum Gasteiger partial charge on any atom is -0.480 e. The first-order chi connectivity index (χ1) is 9.09. The highest BCUT2D eigenvalue weighted by atomic mass is 16.4. The molecule has 1 aliphatic rings. The summed E-state index contributed by atoms with van der Waals surface area (Å²) >= 11 is 0. The molecule has 1 fully saturated rings. The number of carboxylic acid groups (broad SMARTS) is 1. The molecule has 1 N–H and O–H groups in total. The molecular weight excluding hydrogens is 246 g/mol. The smallest absolute Gasteiger partial charge is 0.326 e. The van der Waals surface area contributed by atoms with Gasteiger partial charge in [0.15, 0.2) is 0 Å². The fraction of sp³-hybridized carbons (Fsp3) is 0.615. The van der Waals surface area contributed by atoms with Gasteiger partial charge in [0.2, 0.25) is 5.91 Å². The number of aliphatic carboxylic acids is 1. The third kappa shape index (κ3) is 3.13. The Labute approximate surface area is 112 Å². The maximum absolute atomic E-state index is 12.0. The third-order valence-electron chi connectivity index (χ3n) is 3.57. The molecule has 6 nitrogen and oxygen atoms in total. The van der Waals surface area contributed by atoms with Gasteiger partial charge in [0, 0.05) is 31.9 Å². The Kier molecular flexibility index (Phi) is 4.19. The number of amides is 1. The number of rotatable bonds is 5. The maximum atomic E-state index is 12.0. The maximum Gasteiger partial charge on any atom is 0.326 e. The molecule has 0 spiro atoms. The fourth-order valence-corrected chi connectivity index (χ4v) is 2.51. The van der Waals surface area contributed by atoms with Crippen LogP contribution in [0.2, 0.25) is 0 Å². The zero-order chi connectivity index (χ0) is 13.8. The van der Waals surface area contributed by atoms with Crippen LogP contribution >= 0.6 is 0 Å². The second-order valence-electron chi connectivity index (χ2n) is 4.85. The highest BCUT2D eigenvalue weighted by molar-refractivity contribution is 5.84. The van der Waals surface area contributed by atoms with Gasteiger partial charge in [0.05, 0.1) is 0 Å². The number of aryl methyl sites for hydroxylation is 2. The van der Waals surface area contributed by atoms with E-state index in [9.17, 15) is 9.59 Å². The summed E-state index contributed by atoms with van der Waals surface area (Å²) in [7, 11) is 0. The summed E-state index contributed by atoms with van der Waals surface area (Å²) in [5.74, 6) is -0.0176. The van der Waals surface area contributed by atoms with Gasteiger partial charge in [-0.15, -0.1) is 0 Å². The molecule has 0 unspecified atom stereocenters. The fourth-order valence-electron chi connectivity index (χ4n) is 2.51. The minimum atomic E-state index is -0.892. The Bertz CT molecular complexity index is 469.